The van der Waals surface area contributed by atoms with Crippen LogP contribution in [0.15, 0.2) is 48.7 Å². The minimum Gasteiger partial charge on any atom is -0.350 e. The summed E-state index contributed by atoms with van der Waals surface area (Å²) in [5, 5.41) is 2.89. The summed E-state index contributed by atoms with van der Waals surface area (Å²) in [4.78, 5) is 16.1. The molecule has 1 N–H and O–H groups in total. The van der Waals surface area contributed by atoms with E-state index >= 15 is 0 Å². The van der Waals surface area contributed by atoms with Crippen molar-refractivity contribution in [3.63, 3.8) is 0 Å². The highest BCUT2D eigenvalue weighted by atomic mass is 16.1. The summed E-state index contributed by atoms with van der Waals surface area (Å²) in [6.07, 6.45) is 3.22. The molecule has 21 heavy (non-hydrogen) atoms. The highest BCUT2D eigenvalue weighted by Crippen LogP contribution is 2.10. The average Bonchev–Trinajstić information content (AvgIpc) is 2.48. The van der Waals surface area contributed by atoms with Gasteiger partial charge in [-0.05, 0) is 35.6 Å². The molecule has 2 aromatic rings. The first-order valence-electron chi connectivity index (χ1n) is 7.38. The number of pyridine rings is 1. The maximum absolute atomic E-state index is 11.9. The van der Waals surface area contributed by atoms with Crippen LogP contribution in [0.25, 0.3) is 0 Å². The van der Waals surface area contributed by atoms with Crippen LogP contribution in [-0.4, -0.2) is 10.9 Å². The van der Waals surface area contributed by atoms with Crippen LogP contribution >= 0.6 is 0 Å². The third-order valence-corrected chi connectivity index (χ3v) is 3.22. The first-order valence-corrected chi connectivity index (χ1v) is 7.38. The quantitative estimate of drug-likeness (QED) is 0.884. The minimum absolute atomic E-state index is 0.0252. The van der Waals surface area contributed by atoms with Gasteiger partial charge in [-0.25, -0.2) is 0 Å². The number of nitrogens with zero attached hydrogens (tertiary/aromatic N) is 1. The molecule has 0 aliphatic heterocycles. The van der Waals surface area contributed by atoms with Crippen molar-refractivity contribution in [3.8, 4) is 0 Å². The number of amides is 1. The topological polar surface area (TPSA) is 42.0 Å². The maximum Gasteiger partial charge on any atom is 0.224 e. The van der Waals surface area contributed by atoms with Gasteiger partial charge in [-0.15, -0.1) is 0 Å². The molecule has 1 aromatic carbocycles. The SMILES string of the molecule is CC(C)Cc1ccc(CC(=O)NCc2ccccn2)cc1. The molecule has 0 fully saturated rings. The molecule has 1 aromatic heterocycles. The fourth-order valence-electron chi connectivity index (χ4n) is 2.20. The van der Waals surface area contributed by atoms with Gasteiger partial charge in [0.05, 0.1) is 18.7 Å². The Kier molecular flexibility index (Phi) is 5.50. The van der Waals surface area contributed by atoms with E-state index in [2.05, 4.69) is 36.3 Å². The number of carbonyl (C=O) groups is 1. The Balaban J connectivity index is 1.82. The van der Waals surface area contributed by atoms with Crippen molar-refractivity contribution in [3.05, 3.63) is 65.5 Å². The van der Waals surface area contributed by atoms with Crippen molar-refractivity contribution >= 4 is 5.91 Å². The average molecular weight is 282 g/mol. The van der Waals surface area contributed by atoms with Crippen molar-refractivity contribution in [2.75, 3.05) is 0 Å². The summed E-state index contributed by atoms with van der Waals surface area (Å²) in [7, 11) is 0. The van der Waals surface area contributed by atoms with Gasteiger partial charge < -0.3 is 5.32 Å². The van der Waals surface area contributed by atoms with Crippen molar-refractivity contribution in [1.29, 1.82) is 0 Å². The summed E-state index contributed by atoms with van der Waals surface area (Å²) in [6, 6.07) is 14.0. The molecule has 0 saturated carbocycles. The molecule has 2 rings (SSSR count). The molecule has 1 amide bonds. The first-order chi connectivity index (χ1) is 10.1. The van der Waals surface area contributed by atoms with Crippen molar-refractivity contribution in [2.45, 2.75) is 33.2 Å². The zero-order chi connectivity index (χ0) is 15.1. The van der Waals surface area contributed by atoms with E-state index in [-0.39, 0.29) is 5.91 Å². The normalized spacial score (nSPS) is 10.6. The molecular formula is C18H22N2O. The van der Waals surface area contributed by atoms with Gasteiger partial charge in [-0.2, -0.15) is 0 Å². The molecule has 0 radical (unpaired) electrons. The fraction of sp³-hybridized carbons (Fsp3) is 0.333. The number of rotatable bonds is 6. The van der Waals surface area contributed by atoms with Gasteiger partial charge >= 0.3 is 0 Å². The maximum atomic E-state index is 11.9. The van der Waals surface area contributed by atoms with Crippen LogP contribution in [0.4, 0.5) is 0 Å². The zero-order valence-corrected chi connectivity index (χ0v) is 12.7. The highest BCUT2D eigenvalue weighted by Gasteiger charge is 2.04. The Hall–Kier alpha value is -2.16. The van der Waals surface area contributed by atoms with Crippen LogP contribution in [0.2, 0.25) is 0 Å². The van der Waals surface area contributed by atoms with E-state index in [9.17, 15) is 4.79 Å². The summed E-state index contributed by atoms with van der Waals surface area (Å²) >= 11 is 0. The van der Waals surface area contributed by atoms with Gasteiger partial charge in [0.2, 0.25) is 5.91 Å². The molecule has 0 aliphatic carbocycles. The van der Waals surface area contributed by atoms with Crippen LogP contribution in [0.1, 0.15) is 30.7 Å². The largest absolute Gasteiger partial charge is 0.350 e. The number of benzene rings is 1. The Labute approximate surface area is 126 Å². The van der Waals surface area contributed by atoms with Gasteiger partial charge in [0, 0.05) is 6.20 Å². The van der Waals surface area contributed by atoms with Gasteiger partial charge in [0.15, 0.2) is 0 Å². The Bertz CT molecular complexity index is 562. The van der Waals surface area contributed by atoms with Crippen LogP contribution in [0.3, 0.4) is 0 Å². The minimum atomic E-state index is 0.0252. The lowest BCUT2D eigenvalue weighted by Crippen LogP contribution is -2.24. The molecule has 0 saturated heterocycles. The van der Waals surface area contributed by atoms with E-state index in [1.54, 1.807) is 6.20 Å². The third-order valence-electron chi connectivity index (χ3n) is 3.22. The number of carbonyl (C=O) groups excluding carboxylic acids is 1. The lowest BCUT2D eigenvalue weighted by Gasteiger charge is -2.07. The molecule has 0 unspecified atom stereocenters. The summed E-state index contributed by atoms with van der Waals surface area (Å²) in [5.74, 6) is 0.676. The summed E-state index contributed by atoms with van der Waals surface area (Å²) < 4.78 is 0. The number of aromatic nitrogens is 1. The smallest absolute Gasteiger partial charge is 0.224 e. The molecule has 0 aliphatic rings. The van der Waals surface area contributed by atoms with Gasteiger partial charge in [0.1, 0.15) is 0 Å². The predicted octanol–water partition coefficient (Wildman–Crippen LogP) is 3.14. The zero-order valence-electron chi connectivity index (χ0n) is 12.7. The van der Waals surface area contributed by atoms with Gasteiger partial charge in [0.25, 0.3) is 0 Å². The monoisotopic (exact) mass is 282 g/mol. The van der Waals surface area contributed by atoms with E-state index in [0.29, 0.717) is 18.9 Å². The first kappa shape index (κ1) is 15.2. The Morgan fingerprint density at radius 1 is 1.10 bits per heavy atom. The van der Waals surface area contributed by atoms with E-state index in [4.69, 9.17) is 0 Å². The second-order valence-electron chi connectivity index (χ2n) is 5.69. The number of nitrogens with one attached hydrogen (secondary N) is 1. The van der Waals surface area contributed by atoms with Gasteiger partial charge in [-0.1, -0.05) is 44.2 Å². The molecule has 0 bridgehead atoms. The molecule has 1 heterocycles. The van der Waals surface area contributed by atoms with E-state index < -0.39 is 0 Å². The van der Waals surface area contributed by atoms with Crippen molar-refractivity contribution < 1.29 is 4.79 Å². The summed E-state index contributed by atoms with van der Waals surface area (Å²) in [6.45, 7) is 4.89. The third kappa shape index (κ3) is 5.38. The fourth-order valence-corrected chi connectivity index (χ4v) is 2.20. The summed E-state index contributed by atoms with van der Waals surface area (Å²) in [5.41, 5.74) is 3.24. The molecule has 0 atom stereocenters. The molecule has 110 valence electrons. The second kappa shape index (κ2) is 7.58. The molecule has 0 spiro atoms. The standard InChI is InChI=1S/C18H22N2O/c1-14(2)11-15-6-8-16(9-7-15)12-18(21)20-13-17-5-3-4-10-19-17/h3-10,14H,11-13H2,1-2H3,(H,20,21). The van der Waals surface area contributed by atoms with Crippen molar-refractivity contribution in [2.24, 2.45) is 5.92 Å². The molecule has 3 heteroatoms. The number of hydrogen-bond donors (Lipinski definition) is 1. The van der Waals surface area contributed by atoms with Crippen LogP contribution in [0.5, 0.6) is 0 Å². The lowest BCUT2D eigenvalue weighted by atomic mass is 10.0. The van der Waals surface area contributed by atoms with Gasteiger partial charge in [-0.3, -0.25) is 9.78 Å². The Morgan fingerprint density at radius 3 is 2.43 bits per heavy atom. The van der Waals surface area contributed by atoms with E-state index in [0.717, 1.165) is 17.7 Å². The lowest BCUT2D eigenvalue weighted by molar-refractivity contribution is -0.120. The van der Waals surface area contributed by atoms with Crippen molar-refractivity contribution in [1.82, 2.24) is 10.3 Å². The van der Waals surface area contributed by atoms with E-state index in [1.165, 1.54) is 5.56 Å². The Morgan fingerprint density at radius 2 is 1.81 bits per heavy atom. The van der Waals surface area contributed by atoms with Crippen LogP contribution in [-0.2, 0) is 24.2 Å². The molecule has 3 nitrogen and oxygen atoms in total. The number of hydrogen-bond acceptors (Lipinski definition) is 2. The van der Waals surface area contributed by atoms with E-state index in [1.807, 2.05) is 30.3 Å². The second-order valence-corrected chi connectivity index (χ2v) is 5.69. The molecular weight excluding hydrogens is 260 g/mol. The highest BCUT2D eigenvalue weighted by molar-refractivity contribution is 5.78. The van der Waals surface area contributed by atoms with Crippen LogP contribution in [0, 0.1) is 5.92 Å². The van der Waals surface area contributed by atoms with Crippen LogP contribution < -0.4 is 5.32 Å². The predicted molar refractivity (Wildman–Crippen MR) is 84.8 cm³/mol.